The Morgan fingerprint density at radius 1 is 1.37 bits per heavy atom. The largest absolute Gasteiger partial charge is 0.336 e. The predicted octanol–water partition coefficient (Wildman–Crippen LogP) is 1.90. The van der Waals surface area contributed by atoms with Crippen molar-refractivity contribution in [2.45, 2.75) is 31.7 Å². The van der Waals surface area contributed by atoms with Gasteiger partial charge in [0.1, 0.15) is 0 Å². The van der Waals surface area contributed by atoms with E-state index in [4.69, 9.17) is 0 Å². The molecule has 2 amide bonds. The summed E-state index contributed by atoms with van der Waals surface area (Å²) < 4.78 is 0. The fraction of sp³-hybridized carbons (Fsp3) is 0.533. The SMILES string of the molecule is O=C(NCC1CCCCN1)N1CCc2ccccc21. The van der Waals surface area contributed by atoms with Gasteiger partial charge in [-0.25, -0.2) is 4.79 Å². The zero-order chi connectivity index (χ0) is 13.1. The summed E-state index contributed by atoms with van der Waals surface area (Å²) in [5.41, 5.74) is 2.34. The Hall–Kier alpha value is -1.55. The van der Waals surface area contributed by atoms with Crippen LogP contribution in [0.25, 0.3) is 0 Å². The molecule has 4 heteroatoms. The average molecular weight is 259 g/mol. The highest BCUT2D eigenvalue weighted by molar-refractivity contribution is 5.94. The van der Waals surface area contributed by atoms with E-state index in [1.807, 2.05) is 23.1 Å². The highest BCUT2D eigenvalue weighted by Crippen LogP contribution is 2.27. The molecule has 0 saturated carbocycles. The molecule has 19 heavy (non-hydrogen) atoms. The first-order chi connectivity index (χ1) is 9.34. The third-order valence-corrected chi connectivity index (χ3v) is 4.04. The van der Waals surface area contributed by atoms with Gasteiger partial charge in [-0.3, -0.25) is 4.90 Å². The first-order valence-corrected chi connectivity index (χ1v) is 7.21. The normalized spacial score (nSPS) is 22.1. The molecular formula is C15H21N3O. The predicted molar refractivity (Wildman–Crippen MR) is 76.5 cm³/mol. The number of piperidine rings is 1. The smallest absolute Gasteiger partial charge is 0.321 e. The summed E-state index contributed by atoms with van der Waals surface area (Å²) in [6.07, 6.45) is 4.65. The summed E-state index contributed by atoms with van der Waals surface area (Å²) in [6.45, 7) is 2.61. The number of anilines is 1. The molecule has 1 atom stereocenters. The van der Waals surface area contributed by atoms with Crippen LogP contribution in [0.1, 0.15) is 24.8 Å². The number of fused-ring (bicyclic) bond motifs is 1. The maximum Gasteiger partial charge on any atom is 0.321 e. The van der Waals surface area contributed by atoms with Gasteiger partial charge in [0.05, 0.1) is 0 Å². The fourth-order valence-corrected chi connectivity index (χ4v) is 2.95. The van der Waals surface area contributed by atoms with Crippen LogP contribution in [0.2, 0.25) is 0 Å². The molecule has 1 aromatic carbocycles. The number of rotatable bonds is 2. The molecule has 0 aliphatic carbocycles. The van der Waals surface area contributed by atoms with E-state index in [-0.39, 0.29) is 6.03 Å². The maximum atomic E-state index is 12.2. The minimum Gasteiger partial charge on any atom is -0.336 e. The zero-order valence-corrected chi connectivity index (χ0v) is 11.2. The minimum atomic E-state index is 0.0392. The van der Waals surface area contributed by atoms with Gasteiger partial charge in [0.15, 0.2) is 0 Å². The molecule has 1 aromatic rings. The van der Waals surface area contributed by atoms with Gasteiger partial charge in [0, 0.05) is 24.8 Å². The summed E-state index contributed by atoms with van der Waals surface area (Å²) in [4.78, 5) is 14.1. The molecule has 1 fully saturated rings. The summed E-state index contributed by atoms with van der Waals surface area (Å²) >= 11 is 0. The molecule has 1 saturated heterocycles. The third kappa shape index (κ3) is 2.73. The number of amides is 2. The molecule has 2 N–H and O–H groups in total. The van der Waals surface area contributed by atoms with Gasteiger partial charge in [-0.2, -0.15) is 0 Å². The van der Waals surface area contributed by atoms with Crippen molar-refractivity contribution in [3.05, 3.63) is 29.8 Å². The summed E-state index contributed by atoms with van der Waals surface area (Å²) in [5, 5.41) is 6.51. The van der Waals surface area contributed by atoms with Crippen LogP contribution in [0.3, 0.4) is 0 Å². The molecule has 0 radical (unpaired) electrons. The summed E-state index contributed by atoms with van der Waals surface area (Å²) in [5.74, 6) is 0. The molecular weight excluding hydrogens is 238 g/mol. The van der Waals surface area contributed by atoms with Crippen molar-refractivity contribution in [2.75, 3.05) is 24.5 Å². The Bertz CT molecular complexity index is 454. The first-order valence-electron chi connectivity index (χ1n) is 7.21. The van der Waals surface area contributed by atoms with E-state index in [9.17, 15) is 4.79 Å². The van der Waals surface area contributed by atoms with Crippen molar-refractivity contribution in [3.8, 4) is 0 Å². The molecule has 2 heterocycles. The lowest BCUT2D eigenvalue weighted by Crippen LogP contribution is -2.47. The molecule has 2 aliphatic heterocycles. The lowest BCUT2D eigenvalue weighted by atomic mass is 10.1. The van der Waals surface area contributed by atoms with Crippen molar-refractivity contribution in [3.63, 3.8) is 0 Å². The van der Waals surface area contributed by atoms with Crippen LogP contribution in [-0.2, 0) is 6.42 Å². The van der Waals surface area contributed by atoms with Crippen molar-refractivity contribution in [1.29, 1.82) is 0 Å². The van der Waals surface area contributed by atoms with Gasteiger partial charge in [-0.15, -0.1) is 0 Å². The van der Waals surface area contributed by atoms with E-state index < -0.39 is 0 Å². The van der Waals surface area contributed by atoms with Gasteiger partial charge in [-0.1, -0.05) is 24.6 Å². The lowest BCUT2D eigenvalue weighted by Gasteiger charge is -2.25. The number of benzene rings is 1. The van der Waals surface area contributed by atoms with Crippen LogP contribution in [0.5, 0.6) is 0 Å². The van der Waals surface area contributed by atoms with Crippen molar-refractivity contribution < 1.29 is 4.79 Å². The molecule has 3 rings (SSSR count). The van der Waals surface area contributed by atoms with Gasteiger partial charge >= 0.3 is 6.03 Å². The lowest BCUT2D eigenvalue weighted by molar-refractivity contribution is 0.244. The third-order valence-electron chi connectivity index (χ3n) is 4.04. The number of nitrogens with zero attached hydrogens (tertiary/aromatic N) is 1. The Morgan fingerprint density at radius 3 is 3.11 bits per heavy atom. The van der Waals surface area contributed by atoms with Crippen LogP contribution in [-0.4, -0.2) is 31.7 Å². The minimum absolute atomic E-state index is 0.0392. The van der Waals surface area contributed by atoms with Gasteiger partial charge in [-0.05, 0) is 37.4 Å². The summed E-state index contributed by atoms with van der Waals surface area (Å²) in [7, 11) is 0. The van der Waals surface area contributed by atoms with Crippen molar-refractivity contribution in [1.82, 2.24) is 10.6 Å². The number of carbonyl (C=O) groups is 1. The number of urea groups is 1. The Labute approximate surface area is 114 Å². The van der Waals surface area contributed by atoms with Crippen LogP contribution in [0, 0.1) is 0 Å². The second-order valence-corrected chi connectivity index (χ2v) is 5.36. The quantitative estimate of drug-likeness (QED) is 0.852. The van der Waals surface area contributed by atoms with Crippen LogP contribution < -0.4 is 15.5 Å². The Morgan fingerprint density at radius 2 is 2.26 bits per heavy atom. The van der Waals surface area contributed by atoms with Crippen LogP contribution >= 0.6 is 0 Å². The highest BCUT2D eigenvalue weighted by Gasteiger charge is 2.24. The molecule has 102 valence electrons. The standard InChI is InChI=1S/C15H21N3O/c19-15(17-11-13-6-3-4-9-16-13)18-10-8-12-5-1-2-7-14(12)18/h1-2,5,7,13,16H,3-4,6,8-11H2,(H,17,19). The van der Waals surface area contributed by atoms with E-state index >= 15 is 0 Å². The molecule has 0 aromatic heterocycles. The van der Waals surface area contributed by atoms with E-state index in [0.717, 1.165) is 38.2 Å². The number of nitrogens with one attached hydrogen (secondary N) is 2. The van der Waals surface area contributed by atoms with Gasteiger partial charge < -0.3 is 10.6 Å². The molecule has 2 aliphatic rings. The number of hydrogen-bond acceptors (Lipinski definition) is 2. The van der Waals surface area contributed by atoms with E-state index in [1.165, 1.54) is 18.4 Å². The van der Waals surface area contributed by atoms with E-state index in [2.05, 4.69) is 16.7 Å². The monoisotopic (exact) mass is 259 g/mol. The zero-order valence-electron chi connectivity index (χ0n) is 11.2. The van der Waals surface area contributed by atoms with Crippen LogP contribution in [0.4, 0.5) is 10.5 Å². The summed E-state index contributed by atoms with van der Waals surface area (Å²) in [6, 6.07) is 8.64. The van der Waals surface area contributed by atoms with Crippen molar-refractivity contribution in [2.24, 2.45) is 0 Å². The van der Waals surface area contributed by atoms with Crippen molar-refractivity contribution >= 4 is 11.7 Å². The number of para-hydroxylation sites is 1. The van der Waals surface area contributed by atoms with Gasteiger partial charge in [0.25, 0.3) is 0 Å². The molecule has 4 nitrogen and oxygen atoms in total. The van der Waals surface area contributed by atoms with E-state index in [0.29, 0.717) is 6.04 Å². The second kappa shape index (κ2) is 5.61. The second-order valence-electron chi connectivity index (χ2n) is 5.36. The fourth-order valence-electron chi connectivity index (χ4n) is 2.95. The number of hydrogen-bond donors (Lipinski definition) is 2. The molecule has 1 unspecified atom stereocenters. The van der Waals surface area contributed by atoms with E-state index in [1.54, 1.807) is 0 Å². The topological polar surface area (TPSA) is 44.4 Å². The first kappa shape index (κ1) is 12.5. The highest BCUT2D eigenvalue weighted by atomic mass is 16.2. The average Bonchev–Trinajstić information content (AvgIpc) is 2.90. The van der Waals surface area contributed by atoms with Gasteiger partial charge in [0.2, 0.25) is 0 Å². The Kier molecular flexibility index (Phi) is 3.69. The number of carbonyl (C=O) groups excluding carboxylic acids is 1. The maximum absolute atomic E-state index is 12.2. The Balaban J connectivity index is 1.56. The molecule has 0 bridgehead atoms. The van der Waals surface area contributed by atoms with Crippen LogP contribution in [0.15, 0.2) is 24.3 Å². The molecule has 0 spiro atoms.